The average Bonchev–Trinajstić information content (AvgIpc) is 3.05. The smallest absolute Gasteiger partial charge is 0.188 e. The monoisotopic (exact) mass is 301 g/mol. The Morgan fingerprint density at radius 2 is 2.27 bits per heavy atom. The lowest BCUT2D eigenvalue weighted by Gasteiger charge is -2.34. The Morgan fingerprint density at radius 3 is 3.09 bits per heavy atom. The van der Waals surface area contributed by atoms with Gasteiger partial charge in [0.1, 0.15) is 0 Å². The van der Waals surface area contributed by atoms with Gasteiger partial charge in [0.2, 0.25) is 0 Å². The minimum absolute atomic E-state index is 0.102. The molecule has 0 bridgehead atoms. The number of nitrogens with zero attached hydrogens (tertiary/aromatic N) is 1. The van der Waals surface area contributed by atoms with Crippen LogP contribution in [0.1, 0.15) is 43.7 Å². The van der Waals surface area contributed by atoms with Gasteiger partial charge >= 0.3 is 0 Å². The Kier molecular flexibility index (Phi) is 4.67. The summed E-state index contributed by atoms with van der Waals surface area (Å²) in [6.07, 6.45) is 6.14. The van der Waals surface area contributed by atoms with Crippen molar-refractivity contribution in [3.05, 3.63) is 35.4 Å². The van der Waals surface area contributed by atoms with Crippen molar-refractivity contribution in [2.45, 2.75) is 50.5 Å². The van der Waals surface area contributed by atoms with Crippen LogP contribution in [-0.2, 0) is 16.6 Å². The number of hydrogen-bond donors (Lipinski definition) is 2. The zero-order chi connectivity index (χ0) is 15.4. The lowest BCUT2D eigenvalue weighted by molar-refractivity contribution is 0.114. The van der Waals surface area contributed by atoms with E-state index in [4.69, 9.17) is 10.5 Å². The molecule has 4 heteroatoms. The fourth-order valence-corrected chi connectivity index (χ4v) is 3.63. The van der Waals surface area contributed by atoms with Crippen LogP contribution in [0, 0.1) is 0 Å². The van der Waals surface area contributed by atoms with Crippen LogP contribution in [0.3, 0.4) is 0 Å². The average molecular weight is 301 g/mol. The minimum Gasteiger partial charge on any atom is -0.376 e. The predicted octanol–water partition coefficient (Wildman–Crippen LogP) is 2.36. The van der Waals surface area contributed by atoms with Gasteiger partial charge in [-0.2, -0.15) is 0 Å². The number of guanidine groups is 1. The molecule has 1 aliphatic heterocycles. The van der Waals surface area contributed by atoms with Crippen LogP contribution in [0.2, 0.25) is 0 Å². The summed E-state index contributed by atoms with van der Waals surface area (Å²) < 4.78 is 5.59. The zero-order valence-electron chi connectivity index (χ0n) is 13.5. The van der Waals surface area contributed by atoms with Crippen LogP contribution >= 0.6 is 0 Å². The molecule has 3 rings (SSSR count). The first-order valence-electron chi connectivity index (χ1n) is 8.41. The van der Waals surface area contributed by atoms with Crippen LogP contribution in [0.15, 0.2) is 29.3 Å². The van der Waals surface area contributed by atoms with E-state index >= 15 is 0 Å². The van der Waals surface area contributed by atoms with Crippen LogP contribution in [0.25, 0.3) is 0 Å². The molecule has 2 aliphatic rings. The molecule has 2 atom stereocenters. The van der Waals surface area contributed by atoms with E-state index in [2.05, 4.69) is 41.5 Å². The maximum absolute atomic E-state index is 6.03. The van der Waals surface area contributed by atoms with Crippen molar-refractivity contribution in [3.8, 4) is 0 Å². The van der Waals surface area contributed by atoms with Gasteiger partial charge in [0.15, 0.2) is 5.96 Å². The van der Waals surface area contributed by atoms with Crippen molar-refractivity contribution < 1.29 is 4.74 Å². The number of benzene rings is 1. The molecule has 1 aromatic carbocycles. The highest BCUT2D eigenvalue weighted by Gasteiger charge is 2.31. The highest BCUT2D eigenvalue weighted by Crippen LogP contribution is 2.37. The number of hydrogen-bond acceptors (Lipinski definition) is 2. The Labute approximate surface area is 133 Å². The van der Waals surface area contributed by atoms with Gasteiger partial charge in [-0.05, 0) is 43.2 Å². The first-order valence-corrected chi connectivity index (χ1v) is 8.41. The number of nitrogens with two attached hydrogens (primary N) is 1. The molecular formula is C18H27N3O. The van der Waals surface area contributed by atoms with Crippen LogP contribution in [0.4, 0.5) is 0 Å². The van der Waals surface area contributed by atoms with Crippen molar-refractivity contribution in [2.24, 2.45) is 10.7 Å². The topological polar surface area (TPSA) is 59.6 Å². The molecule has 22 heavy (non-hydrogen) atoms. The maximum Gasteiger partial charge on any atom is 0.188 e. The van der Waals surface area contributed by atoms with E-state index in [0.29, 0.717) is 12.1 Å². The van der Waals surface area contributed by atoms with Gasteiger partial charge < -0.3 is 15.8 Å². The molecule has 1 heterocycles. The third-order valence-electron chi connectivity index (χ3n) is 4.98. The minimum atomic E-state index is 0.102. The molecule has 0 radical (unpaired) electrons. The molecule has 0 spiro atoms. The second-order valence-electron chi connectivity index (χ2n) is 6.79. The normalized spacial score (nSPS) is 28.4. The number of nitrogens with one attached hydrogen (secondary N) is 1. The van der Waals surface area contributed by atoms with Gasteiger partial charge in [0.05, 0.1) is 12.6 Å². The van der Waals surface area contributed by atoms with Gasteiger partial charge in [-0.3, -0.25) is 4.99 Å². The van der Waals surface area contributed by atoms with E-state index in [1.807, 2.05) is 0 Å². The first kappa shape index (κ1) is 15.3. The van der Waals surface area contributed by atoms with Gasteiger partial charge in [-0.15, -0.1) is 0 Å². The second-order valence-corrected chi connectivity index (χ2v) is 6.79. The SMILES string of the molecule is CC1(CN=C(N)NCC2CCCO2)CCCc2ccccc21. The van der Waals surface area contributed by atoms with Gasteiger partial charge in [0, 0.05) is 18.6 Å². The first-order chi connectivity index (χ1) is 10.7. The summed E-state index contributed by atoms with van der Waals surface area (Å²) >= 11 is 0. The summed E-state index contributed by atoms with van der Waals surface area (Å²) in [6, 6.07) is 8.76. The molecule has 0 saturated carbocycles. The summed E-state index contributed by atoms with van der Waals surface area (Å²) in [5, 5.41) is 3.21. The highest BCUT2D eigenvalue weighted by atomic mass is 16.5. The predicted molar refractivity (Wildman–Crippen MR) is 90.2 cm³/mol. The molecule has 2 unspecified atom stereocenters. The molecule has 1 aliphatic carbocycles. The summed E-state index contributed by atoms with van der Waals surface area (Å²) in [5.74, 6) is 0.541. The van der Waals surface area contributed by atoms with Crippen LogP contribution < -0.4 is 11.1 Å². The van der Waals surface area contributed by atoms with Gasteiger partial charge in [-0.1, -0.05) is 31.2 Å². The highest BCUT2D eigenvalue weighted by molar-refractivity contribution is 5.77. The van der Waals surface area contributed by atoms with Crippen molar-refractivity contribution in [1.82, 2.24) is 5.32 Å². The molecule has 0 aromatic heterocycles. The molecule has 120 valence electrons. The summed E-state index contributed by atoms with van der Waals surface area (Å²) in [6.45, 7) is 4.69. The molecule has 1 saturated heterocycles. The Bertz CT molecular complexity index is 537. The largest absolute Gasteiger partial charge is 0.376 e. The molecule has 1 fully saturated rings. The zero-order valence-corrected chi connectivity index (χ0v) is 13.5. The van der Waals surface area contributed by atoms with Gasteiger partial charge in [-0.25, -0.2) is 0 Å². The summed E-state index contributed by atoms with van der Waals surface area (Å²) in [7, 11) is 0. The van der Waals surface area contributed by atoms with E-state index in [1.54, 1.807) is 0 Å². The molecule has 3 N–H and O–H groups in total. The maximum atomic E-state index is 6.03. The second kappa shape index (κ2) is 6.69. The Balaban J connectivity index is 1.61. The number of fused-ring (bicyclic) bond motifs is 1. The third kappa shape index (κ3) is 3.43. The quantitative estimate of drug-likeness (QED) is 0.663. The van der Waals surface area contributed by atoms with Crippen molar-refractivity contribution >= 4 is 5.96 Å². The van der Waals surface area contributed by atoms with E-state index in [-0.39, 0.29) is 5.41 Å². The fraction of sp³-hybridized carbons (Fsp3) is 0.611. The van der Waals surface area contributed by atoms with E-state index in [1.165, 1.54) is 30.4 Å². The van der Waals surface area contributed by atoms with Crippen molar-refractivity contribution in [2.75, 3.05) is 19.7 Å². The van der Waals surface area contributed by atoms with Crippen LogP contribution in [-0.4, -0.2) is 31.8 Å². The Hall–Kier alpha value is -1.55. The standard InChI is InChI=1S/C18H27N3O/c1-18(10-4-7-14-6-2-3-9-16(14)18)13-21-17(19)20-12-15-8-5-11-22-15/h2-3,6,9,15H,4-5,7-8,10-13H2,1H3,(H3,19,20,21). The van der Waals surface area contributed by atoms with Crippen LogP contribution in [0.5, 0.6) is 0 Å². The van der Waals surface area contributed by atoms with E-state index in [9.17, 15) is 0 Å². The lowest BCUT2D eigenvalue weighted by Crippen LogP contribution is -2.39. The molecular weight excluding hydrogens is 274 g/mol. The molecule has 0 amide bonds. The number of aryl methyl sites for hydroxylation is 1. The fourth-order valence-electron chi connectivity index (χ4n) is 3.63. The summed E-state index contributed by atoms with van der Waals surface area (Å²) in [4.78, 5) is 4.61. The van der Waals surface area contributed by atoms with E-state index < -0.39 is 0 Å². The number of ether oxygens (including phenoxy) is 1. The summed E-state index contributed by atoms with van der Waals surface area (Å²) in [5.41, 5.74) is 9.04. The number of aliphatic imine (C=N–C) groups is 1. The Morgan fingerprint density at radius 1 is 1.41 bits per heavy atom. The van der Waals surface area contributed by atoms with Gasteiger partial charge in [0.25, 0.3) is 0 Å². The third-order valence-corrected chi connectivity index (χ3v) is 4.98. The molecule has 4 nitrogen and oxygen atoms in total. The van der Waals surface area contributed by atoms with E-state index in [0.717, 1.165) is 32.5 Å². The lowest BCUT2D eigenvalue weighted by atomic mass is 9.71. The number of rotatable bonds is 4. The van der Waals surface area contributed by atoms with Crippen molar-refractivity contribution in [3.63, 3.8) is 0 Å². The van der Waals surface area contributed by atoms with Crippen molar-refractivity contribution in [1.29, 1.82) is 0 Å². The molecule has 1 aromatic rings.